The number of rotatable bonds is 5. The number of methoxy groups -OCH3 is 1. The van der Waals surface area contributed by atoms with E-state index in [1.165, 1.54) is 10.8 Å². The molecule has 3 nitrogen and oxygen atoms in total. The van der Waals surface area contributed by atoms with Crippen LogP contribution >= 0.6 is 0 Å². The summed E-state index contributed by atoms with van der Waals surface area (Å²) in [6.07, 6.45) is 0. The molecule has 5 rings (SSSR count). The molecule has 32 heavy (non-hydrogen) atoms. The Morgan fingerprint density at radius 3 is 2.12 bits per heavy atom. The van der Waals surface area contributed by atoms with Crippen molar-refractivity contribution in [2.24, 2.45) is 0 Å². The predicted octanol–water partition coefficient (Wildman–Crippen LogP) is 6.57. The summed E-state index contributed by atoms with van der Waals surface area (Å²) in [5, 5.41) is 12.4. The number of benzene rings is 4. The van der Waals surface area contributed by atoms with Gasteiger partial charge in [0.25, 0.3) is 0 Å². The number of nitrogens with one attached hydrogen (secondary N) is 1. The molecule has 0 aliphatic carbocycles. The molecule has 158 valence electrons. The third kappa shape index (κ3) is 3.14. The van der Waals surface area contributed by atoms with Crippen LogP contribution in [0.1, 0.15) is 28.1 Å². The van der Waals surface area contributed by atoms with Crippen LogP contribution < -0.4 is 4.74 Å². The molecule has 4 aromatic carbocycles. The Morgan fingerprint density at radius 1 is 0.719 bits per heavy atom. The van der Waals surface area contributed by atoms with Crippen LogP contribution in [0.2, 0.25) is 0 Å². The Hall–Kier alpha value is -3.98. The molecular formula is C29H25NO2. The van der Waals surface area contributed by atoms with Gasteiger partial charge in [0, 0.05) is 17.0 Å². The largest absolute Gasteiger partial charge is 0.508 e. The number of hydrogen-bond donors (Lipinski definition) is 2. The fraction of sp³-hybridized carbons (Fsp3) is 0.103. The molecule has 0 bridgehead atoms. The molecule has 0 radical (unpaired) electrons. The predicted molar refractivity (Wildman–Crippen MR) is 130 cm³/mol. The molecule has 0 aliphatic rings. The van der Waals surface area contributed by atoms with Gasteiger partial charge in [-0.1, -0.05) is 66.7 Å². The van der Waals surface area contributed by atoms with Crippen LogP contribution in [-0.2, 0) is 5.41 Å². The second kappa shape index (κ2) is 7.93. The zero-order valence-electron chi connectivity index (χ0n) is 18.2. The van der Waals surface area contributed by atoms with Crippen LogP contribution in [0.25, 0.3) is 10.8 Å². The lowest BCUT2D eigenvalue weighted by molar-refractivity contribution is 0.404. The highest BCUT2D eigenvalue weighted by Crippen LogP contribution is 2.48. The first-order valence-corrected chi connectivity index (χ1v) is 10.7. The van der Waals surface area contributed by atoms with E-state index < -0.39 is 5.41 Å². The molecular weight excluding hydrogens is 394 g/mol. The molecule has 2 N–H and O–H groups in total. The van der Waals surface area contributed by atoms with Gasteiger partial charge in [0.05, 0.1) is 12.5 Å². The van der Waals surface area contributed by atoms with Crippen molar-refractivity contribution in [3.8, 4) is 11.5 Å². The van der Waals surface area contributed by atoms with Crippen LogP contribution in [0.5, 0.6) is 11.5 Å². The first-order chi connectivity index (χ1) is 15.6. The molecule has 3 heteroatoms. The van der Waals surface area contributed by atoms with E-state index in [1.807, 2.05) is 30.3 Å². The lowest BCUT2D eigenvalue weighted by Gasteiger charge is -2.36. The van der Waals surface area contributed by atoms with E-state index in [9.17, 15) is 5.11 Å². The van der Waals surface area contributed by atoms with E-state index in [1.54, 1.807) is 19.2 Å². The summed E-state index contributed by atoms with van der Waals surface area (Å²) in [7, 11) is 1.71. The first kappa shape index (κ1) is 20.0. The number of para-hydroxylation sites is 1. The number of phenolic OH excluding ortho intramolecular Hbond substituents is 1. The third-order valence-electron chi connectivity index (χ3n) is 6.23. The normalized spacial score (nSPS) is 13.1. The topological polar surface area (TPSA) is 45.2 Å². The average Bonchev–Trinajstić information content (AvgIpc) is 3.27. The molecule has 0 amide bonds. The van der Waals surface area contributed by atoms with Gasteiger partial charge in [0.1, 0.15) is 11.5 Å². The number of aromatic nitrogens is 1. The molecule has 0 saturated heterocycles. The Morgan fingerprint density at radius 2 is 1.41 bits per heavy atom. The molecule has 0 saturated carbocycles. The van der Waals surface area contributed by atoms with Gasteiger partial charge >= 0.3 is 0 Å². The molecule has 0 fully saturated rings. The first-order valence-electron chi connectivity index (χ1n) is 10.7. The van der Waals surface area contributed by atoms with E-state index in [0.717, 1.165) is 33.8 Å². The minimum atomic E-state index is -0.668. The van der Waals surface area contributed by atoms with Gasteiger partial charge < -0.3 is 14.8 Å². The minimum Gasteiger partial charge on any atom is -0.508 e. The fourth-order valence-corrected chi connectivity index (χ4v) is 4.75. The Labute approximate surface area is 187 Å². The van der Waals surface area contributed by atoms with Gasteiger partial charge in [-0.3, -0.25) is 0 Å². The summed E-state index contributed by atoms with van der Waals surface area (Å²) in [6.45, 7) is 2.06. The zero-order chi connectivity index (χ0) is 22.1. The summed E-state index contributed by atoms with van der Waals surface area (Å²) in [5.41, 5.74) is 4.65. The highest BCUT2D eigenvalue weighted by atomic mass is 16.5. The maximum atomic E-state index is 10.0. The van der Waals surface area contributed by atoms with E-state index in [0.29, 0.717) is 0 Å². The maximum Gasteiger partial charge on any atom is 0.123 e. The molecule has 5 aromatic rings. The van der Waals surface area contributed by atoms with Crippen LogP contribution in [0, 0.1) is 6.92 Å². The van der Waals surface area contributed by atoms with Crippen molar-refractivity contribution >= 4 is 10.8 Å². The SMILES string of the molecule is COc1ccccc1C(c1ccc(O)cc1)(c1ccc2ccccc2c1)c1ccc(C)[nH]1. The number of phenols is 1. The highest BCUT2D eigenvalue weighted by molar-refractivity contribution is 5.84. The fourth-order valence-electron chi connectivity index (χ4n) is 4.75. The smallest absolute Gasteiger partial charge is 0.123 e. The summed E-state index contributed by atoms with van der Waals surface area (Å²) in [5.74, 6) is 1.05. The van der Waals surface area contributed by atoms with Gasteiger partial charge in [-0.2, -0.15) is 0 Å². The van der Waals surface area contributed by atoms with E-state index >= 15 is 0 Å². The van der Waals surface area contributed by atoms with Crippen molar-refractivity contribution in [1.29, 1.82) is 0 Å². The van der Waals surface area contributed by atoms with Gasteiger partial charge in [0.2, 0.25) is 0 Å². The molecule has 0 aliphatic heterocycles. The average molecular weight is 420 g/mol. The second-order valence-electron chi connectivity index (χ2n) is 8.11. The molecule has 1 heterocycles. The molecule has 0 spiro atoms. The van der Waals surface area contributed by atoms with E-state index in [2.05, 4.69) is 72.6 Å². The number of H-pyrrole nitrogens is 1. The van der Waals surface area contributed by atoms with Gasteiger partial charge in [-0.25, -0.2) is 0 Å². The van der Waals surface area contributed by atoms with Crippen LogP contribution in [0.3, 0.4) is 0 Å². The third-order valence-corrected chi connectivity index (χ3v) is 6.23. The number of fused-ring (bicyclic) bond motifs is 1. The Bertz CT molecular complexity index is 1380. The van der Waals surface area contributed by atoms with Gasteiger partial charge in [-0.15, -0.1) is 0 Å². The quantitative estimate of drug-likeness (QED) is 0.316. The summed E-state index contributed by atoms with van der Waals surface area (Å²) < 4.78 is 5.87. The van der Waals surface area contributed by atoms with Crippen LogP contribution in [-0.4, -0.2) is 17.2 Å². The number of ether oxygens (including phenoxy) is 1. The van der Waals surface area contributed by atoms with Crippen LogP contribution in [0.4, 0.5) is 0 Å². The van der Waals surface area contributed by atoms with Crippen molar-refractivity contribution in [3.05, 3.63) is 131 Å². The second-order valence-corrected chi connectivity index (χ2v) is 8.11. The number of hydrogen-bond acceptors (Lipinski definition) is 2. The number of aromatic hydroxyl groups is 1. The Kier molecular flexibility index (Phi) is 4.95. The standard InChI is InChI=1S/C29H25NO2/c1-20-11-18-28(30-20)29(23-14-16-25(31)17-15-23,26-9-5-6-10-27(26)32-2)24-13-12-21-7-3-4-8-22(21)19-24/h3-19,30-31H,1-2H3. The number of aromatic amines is 1. The highest BCUT2D eigenvalue weighted by Gasteiger charge is 2.41. The summed E-state index contributed by atoms with van der Waals surface area (Å²) in [6, 6.07) is 34.9. The minimum absolute atomic E-state index is 0.240. The molecule has 1 atom stereocenters. The lowest BCUT2D eigenvalue weighted by Crippen LogP contribution is -2.32. The maximum absolute atomic E-state index is 10.0. The van der Waals surface area contributed by atoms with Crippen molar-refractivity contribution in [1.82, 2.24) is 4.98 Å². The monoisotopic (exact) mass is 419 g/mol. The van der Waals surface area contributed by atoms with Crippen LogP contribution in [0.15, 0.2) is 103 Å². The van der Waals surface area contributed by atoms with Crippen molar-refractivity contribution in [3.63, 3.8) is 0 Å². The van der Waals surface area contributed by atoms with Crippen molar-refractivity contribution in [2.45, 2.75) is 12.3 Å². The van der Waals surface area contributed by atoms with Crippen molar-refractivity contribution in [2.75, 3.05) is 7.11 Å². The zero-order valence-corrected chi connectivity index (χ0v) is 18.2. The van der Waals surface area contributed by atoms with Gasteiger partial charge in [0.15, 0.2) is 0 Å². The Balaban J connectivity index is 1.94. The summed E-state index contributed by atoms with van der Waals surface area (Å²) in [4.78, 5) is 3.61. The van der Waals surface area contributed by atoms with E-state index in [-0.39, 0.29) is 5.75 Å². The molecule has 1 unspecified atom stereocenters. The van der Waals surface area contributed by atoms with Crippen molar-refractivity contribution < 1.29 is 9.84 Å². The molecule has 1 aromatic heterocycles. The summed E-state index contributed by atoms with van der Waals surface area (Å²) >= 11 is 0. The van der Waals surface area contributed by atoms with E-state index in [4.69, 9.17) is 4.74 Å². The number of aryl methyl sites for hydroxylation is 1. The lowest BCUT2D eigenvalue weighted by atomic mass is 9.66. The van der Waals surface area contributed by atoms with Gasteiger partial charge in [-0.05, 0) is 65.2 Å².